The van der Waals surface area contributed by atoms with Crippen molar-refractivity contribution in [2.45, 2.75) is 0 Å². The van der Waals surface area contributed by atoms with Crippen LogP contribution in [0.15, 0.2) is 24.3 Å². The van der Waals surface area contributed by atoms with Crippen molar-refractivity contribution >= 4 is 44.0 Å². The molecule has 1 heterocycles. The zero-order valence-electron chi connectivity index (χ0n) is 6.50. The summed E-state index contributed by atoms with van der Waals surface area (Å²) in [5.41, 5.74) is 0. The second-order valence-corrected chi connectivity index (χ2v) is 5.38. The molecule has 0 aliphatic carbocycles. The monoisotopic (exact) mass is 290 g/mol. The lowest BCUT2D eigenvalue weighted by atomic mass is 10.2. The van der Waals surface area contributed by atoms with Gasteiger partial charge in [0.1, 0.15) is 5.75 Å². The topological polar surface area (TPSA) is 9.23 Å². The third-order valence-corrected chi connectivity index (χ3v) is 3.62. The molecule has 0 saturated carbocycles. The number of ether oxygens (including phenoxy) is 1. The van der Waals surface area contributed by atoms with Gasteiger partial charge in [0.2, 0.25) is 0 Å². The van der Waals surface area contributed by atoms with E-state index in [0.717, 1.165) is 5.75 Å². The third-order valence-electron chi connectivity index (χ3n) is 1.70. The van der Waals surface area contributed by atoms with Crippen LogP contribution in [-0.2, 0) is 0 Å². The van der Waals surface area contributed by atoms with Crippen molar-refractivity contribution in [3.05, 3.63) is 27.1 Å². The summed E-state index contributed by atoms with van der Waals surface area (Å²) < 4.78 is 7.79. The molecule has 0 N–H and O–H groups in total. The number of fused-ring (bicyclic) bond motifs is 1. The Bertz CT molecular complexity index is 408. The van der Waals surface area contributed by atoms with Gasteiger partial charge in [0.15, 0.2) is 0 Å². The van der Waals surface area contributed by atoms with Gasteiger partial charge in [-0.2, -0.15) is 0 Å². The number of benzene rings is 1. The van der Waals surface area contributed by atoms with Gasteiger partial charge in [0.05, 0.1) is 14.7 Å². The van der Waals surface area contributed by atoms with Crippen LogP contribution in [0.2, 0.25) is 0 Å². The summed E-state index contributed by atoms with van der Waals surface area (Å²) in [5.74, 6) is 0.973. The molecule has 3 heteroatoms. The number of halogens is 1. The summed E-state index contributed by atoms with van der Waals surface area (Å²) in [7, 11) is 1.71. The van der Waals surface area contributed by atoms with Gasteiger partial charge in [-0.15, -0.1) is 11.3 Å². The highest BCUT2D eigenvalue weighted by molar-refractivity contribution is 14.1. The van der Waals surface area contributed by atoms with Crippen molar-refractivity contribution in [3.8, 4) is 5.75 Å². The SMILES string of the molecule is COc1cccc2cc(I)sc12. The molecule has 0 fully saturated rings. The predicted molar refractivity (Wildman–Crippen MR) is 61.1 cm³/mol. The molecule has 1 nitrogen and oxygen atoms in total. The van der Waals surface area contributed by atoms with E-state index in [0.29, 0.717) is 0 Å². The third kappa shape index (κ3) is 1.31. The molecular weight excluding hydrogens is 283 g/mol. The minimum absolute atomic E-state index is 0.973. The van der Waals surface area contributed by atoms with Crippen molar-refractivity contribution in [2.75, 3.05) is 7.11 Å². The lowest BCUT2D eigenvalue weighted by Gasteiger charge is -1.98. The van der Waals surface area contributed by atoms with Gasteiger partial charge in [-0.05, 0) is 40.1 Å². The van der Waals surface area contributed by atoms with Crippen molar-refractivity contribution in [3.63, 3.8) is 0 Å². The van der Waals surface area contributed by atoms with E-state index in [1.165, 1.54) is 13.0 Å². The van der Waals surface area contributed by atoms with Crippen LogP contribution in [0.25, 0.3) is 10.1 Å². The second kappa shape index (κ2) is 3.22. The van der Waals surface area contributed by atoms with Crippen molar-refractivity contribution in [2.24, 2.45) is 0 Å². The fourth-order valence-electron chi connectivity index (χ4n) is 1.17. The van der Waals surface area contributed by atoms with E-state index >= 15 is 0 Å². The van der Waals surface area contributed by atoms with Crippen LogP contribution < -0.4 is 4.74 Å². The van der Waals surface area contributed by atoms with E-state index in [1.807, 2.05) is 12.1 Å². The maximum Gasteiger partial charge on any atom is 0.136 e. The zero-order valence-corrected chi connectivity index (χ0v) is 9.48. The molecule has 0 unspecified atom stereocenters. The highest BCUT2D eigenvalue weighted by atomic mass is 127. The molecule has 12 heavy (non-hydrogen) atoms. The Balaban J connectivity index is 2.78. The molecule has 0 bridgehead atoms. The number of hydrogen-bond acceptors (Lipinski definition) is 2. The van der Waals surface area contributed by atoms with E-state index in [4.69, 9.17) is 4.74 Å². The lowest BCUT2D eigenvalue weighted by Crippen LogP contribution is -1.80. The van der Waals surface area contributed by atoms with E-state index < -0.39 is 0 Å². The maximum absolute atomic E-state index is 5.25. The molecular formula is C9H7IOS. The van der Waals surface area contributed by atoms with Crippen LogP contribution in [-0.4, -0.2) is 7.11 Å². The molecule has 0 aliphatic heterocycles. The molecule has 0 radical (unpaired) electrons. The molecule has 0 amide bonds. The van der Waals surface area contributed by atoms with Crippen LogP contribution in [0.3, 0.4) is 0 Å². The fraction of sp³-hybridized carbons (Fsp3) is 0.111. The van der Waals surface area contributed by atoms with Crippen LogP contribution in [0.5, 0.6) is 5.75 Å². The molecule has 0 atom stereocenters. The molecule has 1 aromatic heterocycles. The van der Waals surface area contributed by atoms with E-state index in [1.54, 1.807) is 18.4 Å². The molecule has 0 spiro atoms. The average molecular weight is 290 g/mol. The first kappa shape index (κ1) is 8.31. The van der Waals surface area contributed by atoms with Gasteiger partial charge < -0.3 is 4.74 Å². The molecule has 62 valence electrons. The Morgan fingerprint density at radius 3 is 3.00 bits per heavy atom. The zero-order chi connectivity index (χ0) is 8.55. The quantitative estimate of drug-likeness (QED) is 0.730. The van der Waals surface area contributed by atoms with E-state index in [9.17, 15) is 0 Å². The average Bonchev–Trinajstić information content (AvgIpc) is 2.44. The van der Waals surface area contributed by atoms with Crippen LogP contribution in [0.4, 0.5) is 0 Å². The summed E-state index contributed by atoms with van der Waals surface area (Å²) in [6, 6.07) is 8.29. The minimum atomic E-state index is 0.973. The summed E-state index contributed by atoms with van der Waals surface area (Å²) >= 11 is 4.09. The van der Waals surface area contributed by atoms with E-state index in [-0.39, 0.29) is 0 Å². The number of methoxy groups -OCH3 is 1. The minimum Gasteiger partial charge on any atom is -0.495 e. The summed E-state index contributed by atoms with van der Waals surface area (Å²) in [4.78, 5) is 0. The van der Waals surface area contributed by atoms with Crippen LogP contribution >= 0.6 is 33.9 Å². The first-order valence-corrected chi connectivity index (χ1v) is 5.43. The van der Waals surface area contributed by atoms with Gasteiger partial charge in [-0.1, -0.05) is 12.1 Å². The van der Waals surface area contributed by atoms with Crippen LogP contribution in [0, 0.1) is 2.88 Å². The summed E-state index contributed by atoms with van der Waals surface area (Å²) in [6.07, 6.45) is 0. The molecule has 1 aromatic carbocycles. The Morgan fingerprint density at radius 2 is 2.25 bits per heavy atom. The summed E-state index contributed by atoms with van der Waals surface area (Å²) in [5, 5.41) is 1.27. The smallest absolute Gasteiger partial charge is 0.136 e. The highest BCUT2D eigenvalue weighted by Crippen LogP contribution is 2.33. The standard InChI is InChI=1S/C9H7IOS/c1-11-7-4-2-3-6-5-8(10)12-9(6)7/h2-5H,1H3. The van der Waals surface area contributed by atoms with Gasteiger partial charge >= 0.3 is 0 Å². The predicted octanol–water partition coefficient (Wildman–Crippen LogP) is 3.51. The first-order chi connectivity index (χ1) is 5.81. The Morgan fingerprint density at radius 1 is 1.42 bits per heavy atom. The Hall–Kier alpha value is -0.290. The number of hydrogen-bond donors (Lipinski definition) is 0. The van der Waals surface area contributed by atoms with Gasteiger partial charge in [0, 0.05) is 0 Å². The Labute approximate surface area is 88.5 Å². The molecule has 2 aromatic rings. The Kier molecular flexibility index (Phi) is 2.23. The van der Waals surface area contributed by atoms with Gasteiger partial charge in [-0.3, -0.25) is 0 Å². The van der Waals surface area contributed by atoms with E-state index in [2.05, 4.69) is 34.7 Å². The number of rotatable bonds is 1. The van der Waals surface area contributed by atoms with Gasteiger partial charge in [-0.25, -0.2) is 0 Å². The molecule has 0 aliphatic rings. The molecule has 0 saturated heterocycles. The fourth-order valence-corrected chi connectivity index (χ4v) is 3.04. The first-order valence-electron chi connectivity index (χ1n) is 3.53. The van der Waals surface area contributed by atoms with Crippen molar-refractivity contribution in [1.82, 2.24) is 0 Å². The van der Waals surface area contributed by atoms with Crippen LogP contribution in [0.1, 0.15) is 0 Å². The molecule has 2 rings (SSSR count). The second-order valence-electron chi connectivity index (χ2n) is 2.43. The summed E-state index contributed by atoms with van der Waals surface area (Å²) in [6.45, 7) is 0. The van der Waals surface area contributed by atoms with Gasteiger partial charge in [0.25, 0.3) is 0 Å². The van der Waals surface area contributed by atoms with Crippen molar-refractivity contribution in [1.29, 1.82) is 0 Å². The maximum atomic E-state index is 5.25. The largest absolute Gasteiger partial charge is 0.495 e. The highest BCUT2D eigenvalue weighted by Gasteiger charge is 2.03. The normalized spacial score (nSPS) is 10.5. The number of thiophene rings is 1. The lowest BCUT2D eigenvalue weighted by molar-refractivity contribution is 0.420. The van der Waals surface area contributed by atoms with Crippen molar-refractivity contribution < 1.29 is 4.74 Å².